The van der Waals surface area contributed by atoms with Gasteiger partial charge in [-0.15, -0.1) is 6.58 Å². The van der Waals surface area contributed by atoms with Gasteiger partial charge in [-0.2, -0.15) is 0 Å². The van der Waals surface area contributed by atoms with E-state index in [-0.39, 0.29) is 30.2 Å². The zero-order valence-corrected chi connectivity index (χ0v) is 14.7. The number of hydrogen-bond donors (Lipinski definition) is 2. The molecule has 0 bridgehead atoms. The summed E-state index contributed by atoms with van der Waals surface area (Å²) < 4.78 is 4.84. The molecule has 0 radical (unpaired) electrons. The van der Waals surface area contributed by atoms with E-state index >= 15 is 0 Å². The molecule has 1 saturated carbocycles. The Morgan fingerprint density at radius 2 is 1.81 bits per heavy atom. The minimum atomic E-state index is -1.11. The number of urea groups is 1. The van der Waals surface area contributed by atoms with Crippen molar-refractivity contribution in [1.82, 2.24) is 15.5 Å². The highest BCUT2D eigenvalue weighted by molar-refractivity contribution is 6.08. The summed E-state index contributed by atoms with van der Waals surface area (Å²) in [6, 6.07) is -1.85. The van der Waals surface area contributed by atoms with Crippen LogP contribution in [0.3, 0.4) is 0 Å². The topological polar surface area (TPSA) is 122 Å². The van der Waals surface area contributed by atoms with Crippen molar-refractivity contribution in [3.05, 3.63) is 12.7 Å². The summed E-state index contributed by atoms with van der Waals surface area (Å²) in [5.74, 6) is -3.10. The highest BCUT2D eigenvalue weighted by Gasteiger charge is 2.51. The van der Waals surface area contributed by atoms with Crippen LogP contribution < -0.4 is 10.6 Å². The molecule has 2 aliphatic rings. The summed E-state index contributed by atoms with van der Waals surface area (Å²) in [5.41, 5.74) is 0. The van der Waals surface area contributed by atoms with Crippen LogP contribution in [0.5, 0.6) is 0 Å². The van der Waals surface area contributed by atoms with Gasteiger partial charge in [0.15, 0.2) is 6.61 Å². The van der Waals surface area contributed by atoms with Gasteiger partial charge < -0.3 is 10.1 Å². The molecular formula is C17H23N3O6. The zero-order chi connectivity index (χ0) is 19.3. The van der Waals surface area contributed by atoms with Crippen molar-refractivity contribution in [3.8, 4) is 0 Å². The monoisotopic (exact) mass is 365 g/mol. The van der Waals surface area contributed by atoms with E-state index in [4.69, 9.17) is 4.74 Å². The van der Waals surface area contributed by atoms with Crippen molar-refractivity contribution in [2.45, 2.75) is 38.6 Å². The van der Waals surface area contributed by atoms with E-state index in [9.17, 15) is 24.0 Å². The number of likely N-dealkylation sites (tertiary alicyclic amines) is 1. The van der Waals surface area contributed by atoms with Crippen LogP contribution in [0.4, 0.5) is 4.79 Å². The summed E-state index contributed by atoms with van der Waals surface area (Å²) >= 11 is 0. The Hall–Kier alpha value is -2.71. The number of ether oxygens (including phenoxy) is 1. The van der Waals surface area contributed by atoms with Gasteiger partial charge in [0, 0.05) is 6.54 Å². The molecule has 26 heavy (non-hydrogen) atoms. The SMILES string of the molecule is C=CCNC(=O)NC(=O)COC(=O)[C@H](C)N1C(=O)[C@@H]2CCCC[C@H]2C1=O. The number of imide groups is 2. The first kappa shape index (κ1) is 19.6. The van der Waals surface area contributed by atoms with Gasteiger partial charge in [0.05, 0.1) is 11.8 Å². The Kier molecular flexibility index (Phi) is 6.48. The molecule has 1 saturated heterocycles. The van der Waals surface area contributed by atoms with Crippen LogP contribution in [0.25, 0.3) is 0 Å². The van der Waals surface area contributed by atoms with Crippen LogP contribution in [0.2, 0.25) is 0 Å². The van der Waals surface area contributed by atoms with Crippen molar-refractivity contribution in [3.63, 3.8) is 0 Å². The van der Waals surface area contributed by atoms with Crippen LogP contribution in [0, 0.1) is 11.8 Å². The highest BCUT2D eigenvalue weighted by Crippen LogP contribution is 2.38. The van der Waals surface area contributed by atoms with Crippen LogP contribution in [0.15, 0.2) is 12.7 Å². The fraction of sp³-hybridized carbons (Fsp3) is 0.588. The third kappa shape index (κ3) is 4.27. The molecule has 0 aromatic heterocycles. The second kappa shape index (κ2) is 8.59. The minimum absolute atomic E-state index is 0.178. The number of fused-ring (bicyclic) bond motifs is 1. The van der Waals surface area contributed by atoms with E-state index in [0.717, 1.165) is 17.7 Å². The lowest BCUT2D eigenvalue weighted by atomic mass is 9.81. The summed E-state index contributed by atoms with van der Waals surface area (Å²) in [5, 5.41) is 4.31. The van der Waals surface area contributed by atoms with E-state index in [1.54, 1.807) is 0 Å². The summed E-state index contributed by atoms with van der Waals surface area (Å²) in [7, 11) is 0. The first-order valence-corrected chi connectivity index (χ1v) is 8.59. The van der Waals surface area contributed by atoms with Crippen molar-refractivity contribution in [2.75, 3.05) is 13.2 Å². The molecule has 142 valence electrons. The van der Waals surface area contributed by atoms with Gasteiger partial charge in [0.1, 0.15) is 6.04 Å². The number of nitrogens with one attached hydrogen (secondary N) is 2. The number of carbonyl (C=O) groups is 5. The maximum absolute atomic E-state index is 12.4. The Morgan fingerprint density at radius 3 is 2.35 bits per heavy atom. The Balaban J connectivity index is 1.86. The molecule has 2 rings (SSSR count). The number of rotatable bonds is 6. The van der Waals surface area contributed by atoms with Crippen molar-refractivity contribution >= 4 is 29.7 Å². The van der Waals surface area contributed by atoms with E-state index in [2.05, 4.69) is 11.9 Å². The van der Waals surface area contributed by atoms with Crippen molar-refractivity contribution in [2.24, 2.45) is 11.8 Å². The van der Waals surface area contributed by atoms with E-state index in [1.165, 1.54) is 13.0 Å². The third-order valence-corrected chi connectivity index (χ3v) is 4.61. The maximum Gasteiger partial charge on any atom is 0.329 e. The molecule has 0 aromatic rings. The average molecular weight is 365 g/mol. The van der Waals surface area contributed by atoms with E-state index in [0.29, 0.717) is 12.8 Å². The lowest BCUT2D eigenvalue weighted by molar-refractivity contribution is -0.159. The van der Waals surface area contributed by atoms with Crippen LogP contribution in [-0.4, -0.2) is 53.8 Å². The predicted molar refractivity (Wildman–Crippen MR) is 89.5 cm³/mol. The molecule has 2 fully saturated rings. The number of esters is 1. The van der Waals surface area contributed by atoms with Gasteiger partial charge >= 0.3 is 12.0 Å². The molecule has 0 aromatic carbocycles. The lowest BCUT2D eigenvalue weighted by Crippen LogP contribution is -2.46. The van der Waals surface area contributed by atoms with Crippen LogP contribution >= 0.6 is 0 Å². The van der Waals surface area contributed by atoms with Crippen molar-refractivity contribution < 1.29 is 28.7 Å². The second-order valence-corrected chi connectivity index (χ2v) is 6.37. The van der Waals surface area contributed by atoms with E-state index < -0.39 is 30.6 Å². The zero-order valence-electron chi connectivity index (χ0n) is 14.7. The quantitative estimate of drug-likeness (QED) is 0.391. The number of carbonyl (C=O) groups excluding carboxylic acids is 5. The largest absolute Gasteiger partial charge is 0.454 e. The molecule has 1 aliphatic heterocycles. The molecule has 2 N–H and O–H groups in total. The highest BCUT2D eigenvalue weighted by atomic mass is 16.5. The molecule has 3 atom stereocenters. The molecule has 0 spiro atoms. The molecule has 1 heterocycles. The van der Waals surface area contributed by atoms with Gasteiger partial charge in [0.2, 0.25) is 11.8 Å². The molecule has 9 heteroatoms. The molecule has 1 aliphatic carbocycles. The van der Waals surface area contributed by atoms with E-state index in [1.807, 2.05) is 5.32 Å². The number of amides is 5. The minimum Gasteiger partial charge on any atom is -0.454 e. The van der Waals surface area contributed by atoms with Gasteiger partial charge in [-0.1, -0.05) is 18.9 Å². The van der Waals surface area contributed by atoms with Gasteiger partial charge in [-0.3, -0.25) is 24.6 Å². The van der Waals surface area contributed by atoms with Crippen LogP contribution in [0.1, 0.15) is 32.6 Å². The third-order valence-electron chi connectivity index (χ3n) is 4.61. The molecule has 5 amide bonds. The normalized spacial score (nSPS) is 23.0. The summed E-state index contributed by atoms with van der Waals surface area (Å²) in [4.78, 5) is 60.8. The first-order chi connectivity index (χ1) is 12.4. The smallest absolute Gasteiger partial charge is 0.329 e. The van der Waals surface area contributed by atoms with Crippen LogP contribution in [-0.2, 0) is 23.9 Å². The number of hydrogen-bond acceptors (Lipinski definition) is 6. The van der Waals surface area contributed by atoms with Gasteiger partial charge in [-0.05, 0) is 19.8 Å². The fourth-order valence-electron chi connectivity index (χ4n) is 3.30. The summed E-state index contributed by atoms with van der Waals surface area (Å²) in [6.45, 7) is 4.30. The van der Waals surface area contributed by atoms with Gasteiger partial charge in [0.25, 0.3) is 5.91 Å². The number of nitrogens with zero attached hydrogens (tertiary/aromatic N) is 1. The Labute approximate surface area is 151 Å². The molecule has 9 nitrogen and oxygen atoms in total. The van der Waals surface area contributed by atoms with Gasteiger partial charge in [-0.25, -0.2) is 9.59 Å². The Morgan fingerprint density at radius 1 is 1.23 bits per heavy atom. The standard InChI is InChI=1S/C17H23N3O6/c1-3-8-18-17(25)19-13(21)9-26-16(24)10(2)20-14(22)11-6-4-5-7-12(11)15(20)23/h3,10-12H,1,4-9H2,2H3,(H2,18,19,21,25)/t10-,11+,12+/m0/s1. The lowest BCUT2D eigenvalue weighted by Gasteiger charge is -2.21. The maximum atomic E-state index is 12.4. The first-order valence-electron chi connectivity index (χ1n) is 8.59. The molecular weight excluding hydrogens is 342 g/mol. The predicted octanol–water partition coefficient (Wildman–Crippen LogP) is 0.105. The molecule has 0 unspecified atom stereocenters. The Bertz CT molecular complexity index is 608. The second-order valence-electron chi connectivity index (χ2n) is 6.37. The summed E-state index contributed by atoms with van der Waals surface area (Å²) in [6.07, 6.45) is 4.51. The average Bonchev–Trinajstić information content (AvgIpc) is 2.88. The fourth-order valence-corrected chi connectivity index (χ4v) is 3.30. The van der Waals surface area contributed by atoms with Crippen molar-refractivity contribution in [1.29, 1.82) is 0 Å².